The first-order valence-corrected chi connectivity index (χ1v) is 3.32. The molecule has 2 nitrogen and oxygen atoms in total. The molecule has 2 heteroatoms. The summed E-state index contributed by atoms with van der Waals surface area (Å²) in [5.74, 6) is 0.557. The molecule has 0 radical (unpaired) electrons. The van der Waals surface area contributed by atoms with Crippen LogP contribution in [0, 0.1) is 5.92 Å². The molecule has 0 aliphatic rings. The molecule has 0 aliphatic heterocycles. The number of nitrogens with zero attached hydrogens (tertiary/aromatic N) is 2. The Kier molecular flexibility index (Phi) is 4.46. The quantitative estimate of drug-likeness (QED) is 0.422. The lowest BCUT2D eigenvalue weighted by atomic mass is 10.1. The molecule has 0 bridgehead atoms. The summed E-state index contributed by atoms with van der Waals surface area (Å²) < 4.78 is 0. The Labute approximate surface area is 62.4 Å². The molecule has 56 valence electrons. The van der Waals surface area contributed by atoms with E-state index in [4.69, 9.17) is 0 Å². The minimum atomic E-state index is 0.557. The number of aliphatic imine (C=N–C) groups is 2. The molecule has 0 saturated heterocycles. The fraction of sp³-hybridized carbons (Fsp3) is 0.500. The number of allylic oxidation sites excluding steroid dienone is 1. The van der Waals surface area contributed by atoms with Crippen LogP contribution in [0.4, 0.5) is 0 Å². The van der Waals surface area contributed by atoms with E-state index >= 15 is 0 Å². The van der Waals surface area contributed by atoms with Gasteiger partial charge in [-0.25, -0.2) is 4.99 Å². The van der Waals surface area contributed by atoms with Crippen LogP contribution in [0.3, 0.4) is 0 Å². The molecule has 10 heavy (non-hydrogen) atoms. The highest BCUT2D eigenvalue weighted by Gasteiger charge is 1.92. The predicted molar refractivity (Wildman–Crippen MR) is 46.6 cm³/mol. The fourth-order valence-electron chi connectivity index (χ4n) is 0.347. The highest BCUT2D eigenvalue weighted by molar-refractivity contribution is 5.62. The van der Waals surface area contributed by atoms with Crippen molar-refractivity contribution in [2.45, 2.75) is 20.8 Å². The van der Waals surface area contributed by atoms with Gasteiger partial charge in [-0.05, 0) is 19.6 Å². The van der Waals surface area contributed by atoms with E-state index in [1.165, 1.54) is 11.9 Å². The molecule has 0 aliphatic carbocycles. The number of hydrogen-bond donors (Lipinski definition) is 0. The molecule has 0 unspecified atom stereocenters. The molecular formula is C8H14N2. The van der Waals surface area contributed by atoms with Gasteiger partial charge in [0.2, 0.25) is 0 Å². The van der Waals surface area contributed by atoms with Gasteiger partial charge in [0, 0.05) is 6.20 Å². The van der Waals surface area contributed by atoms with Crippen LogP contribution < -0.4 is 0 Å². The van der Waals surface area contributed by atoms with Gasteiger partial charge in [0.1, 0.15) is 6.34 Å². The van der Waals surface area contributed by atoms with Crippen LogP contribution in [-0.2, 0) is 0 Å². The molecule has 0 saturated carbocycles. The van der Waals surface area contributed by atoms with Gasteiger partial charge in [-0.15, -0.1) is 0 Å². The predicted octanol–water partition coefficient (Wildman–Crippen LogP) is 2.28. The molecular weight excluding hydrogens is 124 g/mol. The fourth-order valence-corrected chi connectivity index (χ4v) is 0.347. The van der Waals surface area contributed by atoms with Gasteiger partial charge in [0.15, 0.2) is 0 Å². The van der Waals surface area contributed by atoms with Crippen LogP contribution in [0.5, 0.6) is 0 Å². The maximum atomic E-state index is 3.89. The second-order valence-electron chi connectivity index (χ2n) is 2.47. The summed E-state index contributed by atoms with van der Waals surface area (Å²) in [5.41, 5.74) is 1.25. The lowest BCUT2D eigenvalue weighted by Gasteiger charge is -2.00. The Hall–Kier alpha value is -0.920. The van der Waals surface area contributed by atoms with E-state index in [0.717, 1.165) is 0 Å². The first kappa shape index (κ1) is 9.08. The topological polar surface area (TPSA) is 24.7 Å². The van der Waals surface area contributed by atoms with Crippen LogP contribution in [0.1, 0.15) is 20.8 Å². The van der Waals surface area contributed by atoms with E-state index in [1.54, 1.807) is 6.20 Å². The Morgan fingerprint density at radius 1 is 1.50 bits per heavy atom. The van der Waals surface area contributed by atoms with E-state index in [-0.39, 0.29) is 0 Å². The van der Waals surface area contributed by atoms with Crippen LogP contribution in [0.2, 0.25) is 0 Å². The molecule has 0 aromatic heterocycles. The molecule has 0 fully saturated rings. The van der Waals surface area contributed by atoms with E-state index in [0.29, 0.717) is 5.92 Å². The summed E-state index contributed by atoms with van der Waals surface area (Å²) >= 11 is 0. The minimum absolute atomic E-state index is 0.557. The van der Waals surface area contributed by atoms with Gasteiger partial charge < -0.3 is 0 Å². The largest absolute Gasteiger partial charge is 0.253 e. The Bertz CT molecular complexity index is 155. The zero-order chi connectivity index (χ0) is 7.98. The third kappa shape index (κ3) is 4.01. The standard InChI is InChI=1S/C8H14N2/c1-7(2)8(3)5-10-6-9-4/h5-7H,4H2,1-3H3/b8-5+,10-6-. The molecule has 0 aromatic carbocycles. The Balaban J connectivity index is 3.91. The van der Waals surface area contributed by atoms with Crippen molar-refractivity contribution in [1.29, 1.82) is 0 Å². The van der Waals surface area contributed by atoms with Gasteiger partial charge in [-0.1, -0.05) is 19.4 Å². The maximum Gasteiger partial charge on any atom is 0.114 e. The van der Waals surface area contributed by atoms with Crippen molar-refractivity contribution in [3.8, 4) is 0 Å². The second-order valence-corrected chi connectivity index (χ2v) is 2.47. The first-order valence-electron chi connectivity index (χ1n) is 3.32. The molecule has 0 rings (SSSR count). The summed E-state index contributed by atoms with van der Waals surface area (Å²) in [6.45, 7) is 9.58. The van der Waals surface area contributed by atoms with Crippen molar-refractivity contribution in [3.63, 3.8) is 0 Å². The van der Waals surface area contributed by atoms with Crippen LogP contribution in [0.25, 0.3) is 0 Å². The maximum absolute atomic E-state index is 3.89. The summed E-state index contributed by atoms with van der Waals surface area (Å²) in [6, 6.07) is 0. The van der Waals surface area contributed by atoms with Crippen molar-refractivity contribution >= 4 is 13.1 Å². The summed E-state index contributed by atoms with van der Waals surface area (Å²) in [6.07, 6.45) is 3.24. The van der Waals surface area contributed by atoms with E-state index < -0.39 is 0 Å². The van der Waals surface area contributed by atoms with E-state index in [9.17, 15) is 0 Å². The molecule has 0 atom stereocenters. The summed E-state index contributed by atoms with van der Waals surface area (Å²) in [5, 5.41) is 0. The van der Waals surface area contributed by atoms with Crippen molar-refractivity contribution in [3.05, 3.63) is 11.8 Å². The monoisotopic (exact) mass is 138 g/mol. The Morgan fingerprint density at radius 3 is 2.50 bits per heavy atom. The number of hydrogen-bond acceptors (Lipinski definition) is 1. The second kappa shape index (κ2) is 4.91. The lowest BCUT2D eigenvalue weighted by Crippen LogP contribution is -1.86. The van der Waals surface area contributed by atoms with Gasteiger partial charge in [-0.3, -0.25) is 4.99 Å². The lowest BCUT2D eigenvalue weighted by molar-refractivity contribution is 0.766. The van der Waals surface area contributed by atoms with Crippen LogP contribution in [0.15, 0.2) is 21.8 Å². The zero-order valence-electron chi connectivity index (χ0n) is 6.83. The normalized spacial score (nSPS) is 13.0. The van der Waals surface area contributed by atoms with Gasteiger partial charge in [0.25, 0.3) is 0 Å². The van der Waals surface area contributed by atoms with Crippen LogP contribution >= 0.6 is 0 Å². The summed E-state index contributed by atoms with van der Waals surface area (Å²) in [4.78, 5) is 7.38. The smallest absolute Gasteiger partial charge is 0.114 e. The average molecular weight is 138 g/mol. The third-order valence-corrected chi connectivity index (χ3v) is 1.34. The molecule has 0 N–H and O–H groups in total. The molecule has 0 spiro atoms. The van der Waals surface area contributed by atoms with Crippen LogP contribution in [-0.4, -0.2) is 13.1 Å². The van der Waals surface area contributed by atoms with Gasteiger partial charge >= 0.3 is 0 Å². The molecule has 0 amide bonds. The van der Waals surface area contributed by atoms with Crippen molar-refractivity contribution in [1.82, 2.24) is 0 Å². The van der Waals surface area contributed by atoms with Gasteiger partial charge in [-0.2, -0.15) is 0 Å². The minimum Gasteiger partial charge on any atom is -0.253 e. The first-order chi connectivity index (χ1) is 4.68. The number of rotatable bonds is 3. The van der Waals surface area contributed by atoms with Gasteiger partial charge in [0.05, 0.1) is 0 Å². The Morgan fingerprint density at radius 2 is 2.10 bits per heavy atom. The van der Waals surface area contributed by atoms with Crippen molar-refractivity contribution in [2.24, 2.45) is 15.9 Å². The highest BCUT2D eigenvalue weighted by Crippen LogP contribution is 2.06. The van der Waals surface area contributed by atoms with E-state index in [1.807, 2.05) is 6.92 Å². The molecule has 0 heterocycles. The van der Waals surface area contributed by atoms with E-state index in [2.05, 4.69) is 30.5 Å². The zero-order valence-corrected chi connectivity index (χ0v) is 6.83. The SMILES string of the molecule is C=N/C=N\C=C(/C)C(C)C. The summed E-state index contributed by atoms with van der Waals surface area (Å²) in [7, 11) is 0. The van der Waals surface area contributed by atoms with Crippen molar-refractivity contribution < 1.29 is 0 Å². The highest BCUT2D eigenvalue weighted by atomic mass is 14.8. The molecule has 0 aromatic rings. The average Bonchev–Trinajstić information content (AvgIpc) is 1.88. The van der Waals surface area contributed by atoms with Crippen molar-refractivity contribution in [2.75, 3.05) is 0 Å². The third-order valence-electron chi connectivity index (χ3n) is 1.34.